The summed E-state index contributed by atoms with van der Waals surface area (Å²) in [6.07, 6.45) is 5.24. The zero-order chi connectivity index (χ0) is 13.4. The third-order valence-electron chi connectivity index (χ3n) is 4.83. The first-order valence-electron chi connectivity index (χ1n) is 7.00. The van der Waals surface area contributed by atoms with Crippen molar-refractivity contribution < 1.29 is 14.7 Å². The first-order valence-corrected chi connectivity index (χ1v) is 8.15. The van der Waals surface area contributed by atoms with Crippen molar-refractivity contribution in [3.8, 4) is 0 Å². The van der Waals surface area contributed by atoms with Crippen LogP contribution < -0.4 is 5.32 Å². The van der Waals surface area contributed by atoms with E-state index in [1.54, 1.807) is 0 Å². The number of rotatable bonds is 3. The van der Waals surface area contributed by atoms with E-state index in [-0.39, 0.29) is 6.03 Å². The van der Waals surface area contributed by atoms with Crippen molar-refractivity contribution in [2.45, 2.75) is 31.7 Å². The van der Waals surface area contributed by atoms with Gasteiger partial charge in [0.1, 0.15) is 6.04 Å². The van der Waals surface area contributed by atoms with Crippen LogP contribution in [0.15, 0.2) is 0 Å². The highest BCUT2D eigenvalue weighted by Gasteiger charge is 2.40. The van der Waals surface area contributed by atoms with Crippen LogP contribution in [0.3, 0.4) is 0 Å². The Kier molecular flexibility index (Phi) is 3.60. The smallest absolute Gasteiger partial charge is 0.327 e. The van der Waals surface area contributed by atoms with E-state index in [4.69, 9.17) is 5.11 Å². The van der Waals surface area contributed by atoms with Gasteiger partial charge >= 0.3 is 12.0 Å². The minimum Gasteiger partial charge on any atom is -0.480 e. The van der Waals surface area contributed by atoms with Crippen molar-refractivity contribution in [2.24, 2.45) is 17.8 Å². The fourth-order valence-corrected chi connectivity index (χ4v) is 4.94. The standard InChI is InChI=1S/C13H20N2O3S/c16-12(17)11-6-19-7-15(11)13(18)14-5-10-4-8-1-2-9(10)3-8/h8-11H,1-7H2,(H,14,18)(H,16,17). The molecule has 19 heavy (non-hydrogen) atoms. The third-order valence-corrected chi connectivity index (χ3v) is 5.84. The number of aliphatic carboxylic acids is 1. The largest absolute Gasteiger partial charge is 0.480 e. The van der Waals surface area contributed by atoms with Crippen LogP contribution in [0.4, 0.5) is 4.79 Å². The number of carboxylic acids is 1. The molecule has 0 aromatic carbocycles. The molecule has 2 N–H and O–H groups in total. The van der Waals surface area contributed by atoms with Gasteiger partial charge in [-0.05, 0) is 37.0 Å². The van der Waals surface area contributed by atoms with Gasteiger partial charge in [-0.15, -0.1) is 11.8 Å². The van der Waals surface area contributed by atoms with Crippen molar-refractivity contribution in [3.63, 3.8) is 0 Å². The summed E-state index contributed by atoms with van der Waals surface area (Å²) in [5.41, 5.74) is 0. The molecule has 3 fully saturated rings. The number of fused-ring (bicyclic) bond motifs is 2. The lowest BCUT2D eigenvalue weighted by atomic mass is 9.89. The van der Waals surface area contributed by atoms with E-state index in [1.165, 1.54) is 42.3 Å². The second-order valence-electron chi connectivity index (χ2n) is 5.94. The lowest BCUT2D eigenvalue weighted by Crippen LogP contribution is -2.48. The minimum atomic E-state index is -0.903. The lowest BCUT2D eigenvalue weighted by molar-refractivity contribution is -0.140. The molecule has 5 nitrogen and oxygen atoms in total. The van der Waals surface area contributed by atoms with Crippen LogP contribution in [-0.4, -0.2) is 46.2 Å². The SMILES string of the molecule is O=C(O)C1CSCN1C(=O)NCC1CC2CCC1C2. The Labute approximate surface area is 117 Å². The first-order chi connectivity index (χ1) is 9.15. The van der Waals surface area contributed by atoms with Gasteiger partial charge in [-0.2, -0.15) is 0 Å². The Balaban J connectivity index is 1.50. The highest BCUT2D eigenvalue weighted by atomic mass is 32.2. The number of thioether (sulfide) groups is 1. The summed E-state index contributed by atoms with van der Waals surface area (Å²) in [6, 6.07) is -0.870. The maximum Gasteiger partial charge on any atom is 0.327 e. The molecule has 0 spiro atoms. The summed E-state index contributed by atoms with van der Waals surface area (Å²) < 4.78 is 0. The molecular formula is C13H20N2O3S. The zero-order valence-corrected chi connectivity index (χ0v) is 11.7. The fourth-order valence-electron chi connectivity index (χ4n) is 3.79. The van der Waals surface area contributed by atoms with E-state index < -0.39 is 12.0 Å². The normalized spacial score (nSPS) is 36.7. The van der Waals surface area contributed by atoms with Crippen molar-refractivity contribution in [1.82, 2.24) is 10.2 Å². The van der Waals surface area contributed by atoms with Gasteiger partial charge in [-0.25, -0.2) is 9.59 Å². The summed E-state index contributed by atoms with van der Waals surface area (Å²) in [4.78, 5) is 24.6. The highest BCUT2D eigenvalue weighted by Crippen LogP contribution is 2.47. The molecule has 0 aromatic heterocycles. The molecule has 4 unspecified atom stereocenters. The van der Waals surface area contributed by atoms with Gasteiger partial charge in [0.15, 0.2) is 0 Å². The van der Waals surface area contributed by atoms with E-state index in [0.29, 0.717) is 24.1 Å². The van der Waals surface area contributed by atoms with Gasteiger partial charge in [0.2, 0.25) is 0 Å². The molecule has 2 saturated carbocycles. The van der Waals surface area contributed by atoms with Crippen LogP contribution in [0.1, 0.15) is 25.7 Å². The van der Waals surface area contributed by atoms with Crippen LogP contribution in [0.5, 0.6) is 0 Å². The molecular weight excluding hydrogens is 264 g/mol. The van der Waals surface area contributed by atoms with Crippen LogP contribution in [0, 0.1) is 17.8 Å². The van der Waals surface area contributed by atoms with Crippen LogP contribution >= 0.6 is 11.8 Å². The molecule has 6 heteroatoms. The minimum absolute atomic E-state index is 0.208. The Bertz CT molecular complexity index is 390. The summed E-state index contributed by atoms with van der Waals surface area (Å²) in [5, 5.41) is 12.0. The molecule has 2 aliphatic carbocycles. The van der Waals surface area contributed by atoms with Gasteiger partial charge in [-0.1, -0.05) is 6.42 Å². The number of carboxylic acid groups (broad SMARTS) is 1. The monoisotopic (exact) mass is 284 g/mol. The molecule has 3 aliphatic rings. The molecule has 106 valence electrons. The topological polar surface area (TPSA) is 69.6 Å². The molecule has 4 atom stereocenters. The Hall–Kier alpha value is -0.910. The van der Waals surface area contributed by atoms with Gasteiger partial charge in [0.25, 0.3) is 0 Å². The molecule has 0 aromatic rings. The van der Waals surface area contributed by atoms with Crippen LogP contribution in [0.25, 0.3) is 0 Å². The van der Waals surface area contributed by atoms with Gasteiger partial charge < -0.3 is 15.3 Å². The molecule has 1 aliphatic heterocycles. The molecule has 2 bridgehead atoms. The average molecular weight is 284 g/mol. The summed E-state index contributed by atoms with van der Waals surface area (Å²) in [5.74, 6) is 2.35. The van der Waals surface area contributed by atoms with Crippen LogP contribution in [-0.2, 0) is 4.79 Å². The second kappa shape index (κ2) is 5.23. The summed E-state index contributed by atoms with van der Waals surface area (Å²) in [7, 11) is 0. The van der Waals surface area contributed by atoms with Crippen molar-refractivity contribution in [1.29, 1.82) is 0 Å². The number of carbonyl (C=O) groups is 2. The van der Waals surface area contributed by atoms with Gasteiger partial charge in [0.05, 0.1) is 5.88 Å². The van der Waals surface area contributed by atoms with E-state index in [1.807, 2.05) is 0 Å². The molecule has 3 rings (SSSR count). The highest BCUT2D eigenvalue weighted by molar-refractivity contribution is 7.99. The van der Waals surface area contributed by atoms with E-state index >= 15 is 0 Å². The van der Waals surface area contributed by atoms with Gasteiger partial charge in [-0.3, -0.25) is 0 Å². The molecule has 0 radical (unpaired) electrons. The first kappa shape index (κ1) is 13.1. The Morgan fingerprint density at radius 3 is 2.79 bits per heavy atom. The summed E-state index contributed by atoms with van der Waals surface area (Å²) in [6.45, 7) is 0.716. The second-order valence-corrected chi connectivity index (χ2v) is 6.94. The van der Waals surface area contributed by atoms with Crippen molar-refractivity contribution in [3.05, 3.63) is 0 Å². The van der Waals surface area contributed by atoms with E-state index in [2.05, 4.69) is 5.32 Å². The maximum absolute atomic E-state index is 12.1. The van der Waals surface area contributed by atoms with Crippen molar-refractivity contribution >= 4 is 23.8 Å². The number of hydrogen-bond acceptors (Lipinski definition) is 3. The van der Waals surface area contributed by atoms with Gasteiger partial charge in [0, 0.05) is 12.3 Å². The van der Waals surface area contributed by atoms with Crippen LogP contribution in [0.2, 0.25) is 0 Å². The van der Waals surface area contributed by atoms with E-state index in [9.17, 15) is 9.59 Å². The van der Waals surface area contributed by atoms with Crippen molar-refractivity contribution in [2.75, 3.05) is 18.2 Å². The predicted octanol–water partition coefficient (Wildman–Crippen LogP) is 1.59. The fraction of sp³-hybridized carbons (Fsp3) is 0.846. The number of nitrogens with one attached hydrogen (secondary N) is 1. The zero-order valence-electron chi connectivity index (χ0n) is 10.9. The molecule has 2 amide bonds. The summed E-state index contributed by atoms with van der Waals surface area (Å²) >= 11 is 1.50. The maximum atomic E-state index is 12.1. The third kappa shape index (κ3) is 2.55. The average Bonchev–Trinajstić information content (AvgIpc) is 3.10. The number of carbonyl (C=O) groups excluding carboxylic acids is 1. The molecule has 1 heterocycles. The number of hydrogen-bond donors (Lipinski definition) is 2. The molecule has 1 saturated heterocycles. The number of urea groups is 1. The lowest BCUT2D eigenvalue weighted by Gasteiger charge is -2.25. The Morgan fingerprint density at radius 2 is 2.16 bits per heavy atom. The quantitative estimate of drug-likeness (QED) is 0.826. The Morgan fingerprint density at radius 1 is 1.32 bits per heavy atom. The van der Waals surface area contributed by atoms with E-state index in [0.717, 1.165) is 11.8 Å². The predicted molar refractivity (Wildman–Crippen MR) is 72.9 cm³/mol. The number of nitrogens with zero attached hydrogens (tertiary/aromatic N) is 1. The number of amides is 2.